The van der Waals surface area contributed by atoms with Gasteiger partial charge in [0.05, 0.1) is 11.3 Å². The van der Waals surface area contributed by atoms with Gasteiger partial charge in [0.25, 0.3) is 5.91 Å². The Balaban J connectivity index is 1.87. The first-order valence-corrected chi connectivity index (χ1v) is 9.50. The van der Waals surface area contributed by atoms with E-state index in [1.54, 1.807) is 4.90 Å². The van der Waals surface area contributed by atoms with Crippen LogP contribution in [-0.4, -0.2) is 65.0 Å². The summed E-state index contributed by atoms with van der Waals surface area (Å²) in [7, 11) is 0. The Morgan fingerprint density at radius 2 is 2.08 bits per heavy atom. The van der Waals surface area contributed by atoms with Crippen molar-refractivity contribution in [2.45, 2.75) is 38.6 Å². The number of carboxylic acid groups (broad SMARTS) is 1. The van der Waals surface area contributed by atoms with Crippen LogP contribution in [-0.2, 0) is 4.79 Å². The first kappa shape index (κ1) is 19.2. The molecule has 2 heterocycles. The fourth-order valence-corrected chi connectivity index (χ4v) is 3.68. The molecule has 0 radical (unpaired) electrons. The van der Waals surface area contributed by atoms with E-state index in [1.165, 1.54) is 11.3 Å². The van der Waals surface area contributed by atoms with Gasteiger partial charge in [0.15, 0.2) is 0 Å². The molecule has 138 valence electrons. The molecule has 8 heteroatoms. The summed E-state index contributed by atoms with van der Waals surface area (Å²) in [5, 5.41) is 13.1. The van der Waals surface area contributed by atoms with E-state index in [0.717, 1.165) is 24.1 Å². The number of nitrogens with one attached hydrogen (secondary N) is 1. The molecule has 1 aliphatic heterocycles. The fourth-order valence-electron chi connectivity index (χ4n) is 3.00. The van der Waals surface area contributed by atoms with Crippen molar-refractivity contribution in [1.82, 2.24) is 15.1 Å². The van der Waals surface area contributed by atoms with E-state index in [2.05, 4.69) is 12.2 Å². The zero-order chi connectivity index (χ0) is 18.2. The van der Waals surface area contributed by atoms with Gasteiger partial charge in [0, 0.05) is 32.2 Å². The molecule has 0 spiro atoms. The third-order valence-electron chi connectivity index (χ3n) is 4.26. The number of rotatable bonds is 7. The molecule has 0 aliphatic carbocycles. The van der Waals surface area contributed by atoms with E-state index >= 15 is 0 Å². The molecule has 25 heavy (non-hydrogen) atoms. The Morgan fingerprint density at radius 3 is 2.64 bits per heavy atom. The second-order valence-corrected chi connectivity index (χ2v) is 7.02. The van der Waals surface area contributed by atoms with Gasteiger partial charge in [-0.2, -0.15) is 0 Å². The van der Waals surface area contributed by atoms with Crippen molar-refractivity contribution < 1.29 is 19.5 Å². The Morgan fingerprint density at radius 1 is 1.36 bits per heavy atom. The van der Waals surface area contributed by atoms with E-state index in [-0.39, 0.29) is 30.9 Å². The standard InChI is InChI=1S/C17H25N3O4S/c1-2-9-20(16(23)14-4-3-12-25-14)13-6-10-19(11-7-13)17(24)18-8-5-15(21)22/h3-4,12-13H,2,5-11H2,1H3,(H,18,24)(H,21,22). The van der Waals surface area contributed by atoms with Crippen LogP contribution in [0, 0.1) is 0 Å². The molecule has 0 unspecified atom stereocenters. The summed E-state index contributed by atoms with van der Waals surface area (Å²) >= 11 is 1.45. The highest BCUT2D eigenvalue weighted by Crippen LogP contribution is 2.21. The van der Waals surface area contributed by atoms with Gasteiger partial charge in [0.2, 0.25) is 0 Å². The third-order valence-corrected chi connectivity index (χ3v) is 5.12. The number of aliphatic carboxylic acids is 1. The van der Waals surface area contributed by atoms with Crippen LogP contribution in [0.1, 0.15) is 42.3 Å². The lowest BCUT2D eigenvalue weighted by atomic mass is 10.0. The van der Waals surface area contributed by atoms with Gasteiger partial charge in [-0.15, -0.1) is 11.3 Å². The number of thiophene rings is 1. The normalized spacial score (nSPS) is 15.0. The molecule has 0 saturated carbocycles. The van der Waals surface area contributed by atoms with Crippen molar-refractivity contribution >= 4 is 29.2 Å². The maximum absolute atomic E-state index is 12.7. The lowest BCUT2D eigenvalue weighted by Gasteiger charge is -2.38. The highest BCUT2D eigenvalue weighted by atomic mass is 32.1. The van der Waals surface area contributed by atoms with Crippen LogP contribution < -0.4 is 5.32 Å². The molecule has 1 aromatic heterocycles. The number of urea groups is 1. The maximum Gasteiger partial charge on any atom is 0.317 e. The van der Waals surface area contributed by atoms with Gasteiger partial charge in [0.1, 0.15) is 0 Å². The van der Waals surface area contributed by atoms with Gasteiger partial charge in [-0.3, -0.25) is 9.59 Å². The van der Waals surface area contributed by atoms with E-state index < -0.39 is 5.97 Å². The average Bonchev–Trinajstić information content (AvgIpc) is 3.13. The molecule has 7 nitrogen and oxygen atoms in total. The summed E-state index contributed by atoms with van der Waals surface area (Å²) in [5.41, 5.74) is 0. The summed E-state index contributed by atoms with van der Waals surface area (Å²) in [6, 6.07) is 3.64. The molecule has 2 rings (SSSR count). The Labute approximate surface area is 151 Å². The smallest absolute Gasteiger partial charge is 0.317 e. The second-order valence-electron chi connectivity index (χ2n) is 6.07. The van der Waals surface area contributed by atoms with Crippen LogP contribution in [0.5, 0.6) is 0 Å². The Kier molecular flexibility index (Phi) is 7.24. The van der Waals surface area contributed by atoms with Gasteiger partial charge in [-0.25, -0.2) is 4.79 Å². The van der Waals surface area contributed by atoms with Gasteiger partial charge in [-0.05, 0) is 30.7 Å². The first-order chi connectivity index (χ1) is 12.0. The number of hydrogen-bond acceptors (Lipinski definition) is 4. The number of amides is 3. The van der Waals surface area contributed by atoms with E-state index in [0.29, 0.717) is 19.6 Å². The zero-order valence-electron chi connectivity index (χ0n) is 14.4. The van der Waals surface area contributed by atoms with E-state index in [4.69, 9.17) is 5.11 Å². The largest absolute Gasteiger partial charge is 0.481 e. The molecule has 1 aromatic rings. The predicted octanol–water partition coefficient (Wildman–Crippen LogP) is 2.25. The van der Waals surface area contributed by atoms with Crippen molar-refractivity contribution in [1.29, 1.82) is 0 Å². The second kappa shape index (κ2) is 9.41. The number of carbonyl (C=O) groups is 3. The predicted molar refractivity (Wildman–Crippen MR) is 95.9 cm³/mol. The van der Waals surface area contributed by atoms with Crippen LogP contribution in [0.15, 0.2) is 17.5 Å². The highest BCUT2D eigenvalue weighted by molar-refractivity contribution is 7.12. The highest BCUT2D eigenvalue weighted by Gasteiger charge is 2.30. The van der Waals surface area contributed by atoms with Crippen LogP contribution in [0.25, 0.3) is 0 Å². The molecule has 3 amide bonds. The average molecular weight is 367 g/mol. The van der Waals surface area contributed by atoms with Crippen molar-refractivity contribution in [2.75, 3.05) is 26.2 Å². The van der Waals surface area contributed by atoms with Gasteiger partial charge in [-0.1, -0.05) is 13.0 Å². The van der Waals surface area contributed by atoms with Crippen molar-refractivity contribution in [2.24, 2.45) is 0 Å². The Bertz CT molecular complexity index is 583. The number of hydrogen-bond donors (Lipinski definition) is 2. The number of piperidine rings is 1. The SMILES string of the molecule is CCCN(C(=O)c1cccs1)C1CCN(C(=O)NCCC(=O)O)CC1. The number of carboxylic acids is 1. The van der Waals surface area contributed by atoms with Crippen LogP contribution in [0.3, 0.4) is 0 Å². The molecule has 1 fully saturated rings. The minimum Gasteiger partial charge on any atom is -0.481 e. The Hall–Kier alpha value is -2.09. The molecular formula is C17H25N3O4S. The summed E-state index contributed by atoms with van der Waals surface area (Å²) in [5.74, 6) is -0.859. The molecule has 2 N–H and O–H groups in total. The lowest BCUT2D eigenvalue weighted by molar-refractivity contribution is -0.136. The topological polar surface area (TPSA) is 90.0 Å². The summed E-state index contributed by atoms with van der Waals surface area (Å²) in [6.45, 7) is 4.04. The number of carbonyl (C=O) groups excluding carboxylic acids is 2. The van der Waals surface area contributed by atoms with Crippen molar-refractivity contribution in [3.63, 3.8) is 0 Å². The monoisotopic (exact) mass is 367 g/mol. The molecule has 1 saturated heterocycles. The van der Waals surface area contributed by atoms with Crippen molar-refractivity contribution in [3.05, 3.63) is 22.4 Å². The minimum atomic E-state index is -0.929. The number of nitrogens with zero attached hydrogens (tertiary/aromatic N) is 2. The third kappa shape index (κ3) is 5.45. The summed E-state index contributed by atoms with van der Waals surface area (Å²) in [4.78, 5) is 39.6. The van der Waals surface area contributed by atoms with Crippen LogP contribution >= 0.6 is 11.3 Å². The van der Waals surface area contributed by atoms with E-state index in [1.807, 2.05) is 22.4 Å². The molecule has 1 aliphatic rings. The molecular weight excluding hydrogens is 342 g/mol. The van der Waals surface area contributed by atoms with Gasteiger partial charge >= 0.3 is 12.0 Å². The maximum atomic E-state index is 12.7. The van der Waals surface area contributed by atoms with E-state index in [9.17, 15) is 14.4 Å². The number of likely N-dealkylation sites (tertiary alicyclic amines) is 1. The van der Waals surface area contributed by atoms with Crippen molar-refractivity contribution in [3.8, 4) is 0 Å². The molecule has 0 atom stereocenters. The van der Waals surface area contributed by atoms with Gasteiger partial charge < -0.3 is 20.2 Å². The fraction of sp³-hybridized carbons (Fsp3) is 0.588. The van der Waals surface area contributed by atoms with Crippen LogP contribution in [0.4, 0.5) is 4.79 Å². The zero-order valence-corrected chi connectivity index (χ0v) is 15.3. The summed E-state index contributed by atoms with van der Waals surface area (Å²) in [6.07, 6.45) is 2.29. The van der Waals surface area contributed by atoms with Crippen LogP contribution in [0.2, 0.25) is 0 Å². The molecule has 0 aromatic carbocycles. The minimum absolute atomic E-state index is 0.0706. The first-order valence-electron chi connectivity index (χ1n) is 8.62. The quantitative estimate of drug-likeness (QED) is 0.773. The molecule has 0 bridgehead atoms. The summed E-state index contributed by atoms with van der Waals surface area (Å²) < 4.78 is 0. The lowest BCUT2D eigenvalue weighted by Crippen LogP contribution is -2.51.